The Kier molecular flexibility index (Phi) is 11.7. The number of hydrogen-bond donors (Lipinski definition) is 1. The van der Waals surface area contributed by atoms with Gasteiger partial charge in [0.05, 0.1) is 22.3 Å². The van der Waals surface area contributed by atoms with E-state index in [2.05, 4.69) is 41.5 Å². The van der Waals surface area contributed by atoms with Crippen LogP contribution in [0.25, 0.3) is 16.3 Å². The minimum atomic E-state index is -5.34. The molecule has 5 aromatic rings. The van der Waals surface area contributed by atoms with Crippen LogP contribution in [0.2, 0.25) is 0 Å². The van der Waals surface area contributed by atoms with Crippen LogP contribution >= 0.6 is 16.0 Å². The van der Waals surface area contributed by atoms with Crippen LogP contribution in [0.3, 0.4) is 0 Å². The van der Waals surface area contributed by atoms with Crippen LogP contribution < -0.4 is 15.7 Å². The zero-order chi connectivity index (χ0) is 44.4. The summed E-state index contributed by atoms with van der Waals surface area (Å²) in [6, 6.07) is 21.4. The molecule has 1 N–H and O–H groups in total. The number of fused-ring (bicyclic) bond motifs is 6. The third kappa shape index (κ3) is 8.91. The first-order chi connectivity index (χ1) is 29.2. The summed E-state index contributed by atoms with van der Waals surface area (Å²) in [5.74, 6) is 0.0329. The molecule has 0 spiro atoms. The largest absolute Gasteiger partial charge is 0.416 e. The van der Waals surface area contributed by atoms with E-state index in [0.29, 0.717) is 36.6 Å². The number of rotatable bonds is 7. The summed E-state index contributed by atoms with van der Waals surface area (Å²) in [4.78, 5) is 0. The van der Waals surface area contributed by atoms with Crippen molar-refractivity contribution < 1.29 is 52.7 Å². The molecule has 5 aromatic carbocycles. The van der Waals surface area contributed by atoms with Crippen LogP contribution in [-0.4, -0.2) is 12.2 Å². The zero-order valence-electron chi connectivity index (χ0n) is 32.5. The van der Waals surface area contributed by atoms with E-state index in [0.717, 1.165) is 50.6 Å². The number of benzene rings is 5. The lowest BCUT2D eigenvalue weighted by Gasteiger charge is -2.36. The molecule has 0 radical (unpaired) electrons. The molecule has 1 heterocycles. The van der Waals surface area contributed by atoms with Gasteiger partial charge >= 0.3 is 24.7 Å². The fourth-order valence-electron chi connectivity index (χ4n) is 8.72. The third-order valence-corrected chi connectivity index (χ3v) is 16.6. The Morgan fingerprint density at radius 3 is 1.74 bits per heavy atom. The average molecular weight is 904 g/mol. The Morgan fingerprint density at radius 1 is 0.629 bits per heavy atom. The molecule has 15 heteroatoms. The summed E-state index contributed by atoms with van der Waals surface area (Å²) in [5.41, 5.74) is -1.37. The molecule has 2 aliphatic carbocycles. The second-order valence-corrected chi connectivity index (χ2v) is 19.8. The van der Waals surface area contributed by atoms with Crippen LogP contribution in [0.15, 0.2) is 145 Å². The zero-order valence-corrected chi connectivity index (χ0v) is 34.3. The maximum Gasteiger partial charge on any atom is 0.416 e. The maximum absolute atomic E-state index is 14.3. The number of allylic oxidation sites excluding steroid dienone is 8. The fraction of sp³-hybridized carbons (Fsp3) is 0.234. The van der Waals surface area contributed by atoms with Gasteiger partial charge in [0.25, 0.3) is 0 Å². The molecule has 1 aliphatic heterocycles. The van der Waals surface area contributed by atoms with Gasteiger partial charge in [-0.3, -0.25) is 5.09 Å². The fourth-order valence-corrected chi connectivity index (χ4v) is 14.3. The van der Waals surface area contributed by atoms with Gasteiger partial charge in [0.15, 0.2) is 0 Å². The molecule has 0 saturated carbocycles. The summed E-state index contributed by atoms with van der Waals surface area (Å²) < 4.78 is 172. The summed E-state index contributed by atoms with van der Waals surface area (Å²) in [6.07, 6.45) is -9.26. The van der Waals surface area contributed by atoms with E-state index in [9.17, 15) is 52.7 Å². The number of alkyl halides is 12. The molecule has 0 bridgehead atoms. The smallest absolute Gasteiger partial charge is 0.285 e. The maximum atomic E-state index is 14.3. The first-order valence-electron chi connectivity index (χ1n) is 19.4. The lowest BCUT2D eigenvalue weighted by atomic mass is 9.74. The molecular weight excluding hydrogens is 868 g/mol. The van der Waals surface area contributed by atoms with Crippen LogP contribution in [0.5, 0.6) is 0 Å². The highest BCUT2D eigenvalue weighted by Gasteiger charge is 2.42. The Bertz CT molecular complexity index is 2490. The highest BCUT2D eigenvalue weighted by Crippen LogP contribution is 2.62. The molecule has 62 heavy (non-hydrogen) atoms. The first-order valence-corrected chi connectivity index (χ1v) is 22.5. The minimum absolute atomic E-state index is 0.0329. The molecule has 0 amide bonds. The second kappa shape index (κ2) is 16.5. The van der Waals surface area contributed by atoms with E-state index in [1.54, 1.807) is 25.1 Å². The van der Waals surface area contributed by atoms with Crippen molar-refractivity contribution in [2.75, 3.05) is 6.16 Å². The van der Waals surface area contributed by atoms with E-state index >= 15 is 0 Å². The second-order valence-electron chi connectivity index (χ2n) is 15.5. The van der Waals surface area contributed by atoms with Crippen molar-refractivity contribution in [3.05, 3.63) is 184 Å². The third-order valence-electron chi connectivity index (χ3n) is 11.4. The average Bonchev–Trinajstić information content (AvgIpc) is 3.39. The monoisotopic (exact) mass is 903 g/mol. The number of halogens is 12. The molecule has 0 saturated heterocycles. The Hall–Kier alpha value is -4.70. The van der Waals surface area contributed by atoms with Gasteiger partial charge in [-0.25, -0.2) is 0 Å². The standard InChI is InChI=1S/C47H35F12NP2/c1-27(60-62(37-21-33(44(48,49)50)19-34(22-37)45(51,52)53)38-23-35(46(54,55)56)20-36(24-38)47(57,58)59)43(30-11-3-2-4-12-30)61-25-31-17-15-28-9-5-7-13-39(28)41(31)42-32(26-61)18-16-29-10-6-8-14-40(29)42/h2-13,15-24,27,40,43,60H,14,25-26H2,1H3/t27-,40?,43+,61?/m0/s1. The predicted octanol–water partition coefficient (Wildman–Crippen LogP) is 14.5. The Labute approximate surface area is 351 Å². The molecule has 0 aromatic heterocycles. The lowest BCUT2D eigenvalue weighted by Crippen LogP contribution is -2.35. The highest BCUT2D eigenvalue weighted by atomic mass is 31.1. The summed E-state index contributed by atoms with van der Waals surface area (Å²) in [6.45, 7) is 1.64. The quantitative estimate of drug-likeness (QED) is 0.127. The summed E-state index contributed by atoms with van der Waals surface area (Å²) >= 11 is 0. The Balaban J connectivity index is 1.32. The normalized spacial score (nSPS) is 19.2. The van der Waals surface area contributed by atoms with Crippen molar-refractivity contribution in [1.29, 1.82) is 0 Å². The first kappa shape index (κ1) is 43.9. The van der Waals surface area contributed by atoms with Crippen molar-refractivity contribution in [2.45, 2.75) is 55.9 Å². The van der Waals surface area contributed by atoms with Crippen molar-refractivity contribution >= 4 is 42.9 Å². The summed E-state index contributed by atoms with van der Waals surface area (Å²) in [7, 11) is -4.25. The van der Waals surface area contributed by atoms with Gasteiger partial charge in [0.1, 0.15) is 0 Å². The van der Waals surface area contributed by atoms with E-state index in [4.69, 9.17) is 0 Å². The molecule has 1 nitrogen and oxygen atoms in total. The van der Waals surface area contributed by atoms with Crippen molar-refractivity contribution in [1.82, 2.24) is 5.09 Å². The molecule has 322 valence electrons. The highest BCUT2D eigenvalue weighted by molar-refractivity contribution is 7.71. The van der Waals surface area contributed by atoms with Crippen LogP contribution in [0, 0.1) is 5.92 Å². The van der Waals surface area contributed by atoms with Gasteiger partial charge in [-0.2, -0.15) is 52.7 Å². The molecule has 3 aliphatic rings. The van der Waals surface area contributed by atoms with Crippen LogP contribution in [0.4, 0.5) is 52.7 Å². The molecular formula is C47H35F12NP2. The Morgan fingerprint density at radius 2 is 1.18 bits per heavy atom. The van der Waals surface area contributed by atoms with Gasteiger partial charge in [-0.1, -0.05) is 105 Å². The molecule has 0 fully saturated rings. The van der Waals surface area contributed by atoms with Crippen LogP contribution in [-0.2, 0) is 30.9 Å². The van der Waals surface area contributed by atoms with Gasteiger partial charge in [-0.15, -0.1) is 0 Å². The predicted molar refractivity (Wildman–Crippen MR) is 222 cm³/mol. The summed E-state index contributed by atoms with van der Waals surface area (Å²) in [5, 5.41) is 3.68. The van der Waals surface area contributed by atoms with Gasteiger partial charge in [0.2, 0.25) is 0 Å². The van der Waals surface area contributed by atoms with Crippen LogP contribution in [0.1, 0.15) is 57.9 Å². The van der Waals surface area contributed by atoms with E-state index in [-0.39, 0.29) is 18.1 Å². The minimum Gasteiger partial charge on any atom is -0.285 e. The van der Waals surface area contributed by atoms with Crippen molar-refractivity contribution in [2.24, 2.45) is 5.92 Å². The van der Waals surface area contributed by atoms with E-state index in [1.807, 2.05) is 42.5 Å². The van der Waals surface area contributed by atoms with Gasteiger partial charge < -0.3 is 0 Å². The van der Waals surface area contributed by atoms with Crippen molar-refractivity contribution in [3.63, 3.8) is 0 Å². The van der Waals surface area contributed by atoms with Gasteiger partial charge in [-0.05, 0) is 117 Å². The topological polar surface area (TPSA) is 12.0 Å². The molecule has 8 rings (SSSR count). The number of nitrogens with one attached hydrogen (secondary N) is 1. The SMILES string of the molecule is C[C@H](NP(c1cc(C(F)(F)F)cc(C(F)(F)F)c1)c1cc(C(F)(F)F)cc(C(F)(F)F)c1)[C@H](c1ccccc1)P1CC2=C(c3c(ccc4ccccc34)C1)C1CC=CC=C1C=C2. The van der Waals surface area contributed by atoms with Crippen molar-refractivity contribution in [3.8, 4) is 0 Å². The molecule has 2 unspecified atom stereocenters. The van der Waals surface area contributed by atoms with E-state index < -0.39 is 85.3 Å². The molecule has 4 atom stereocenters. The lowest BCUT2D eigenvalue weighted by molar-refractivity contribution is -0.144. The number of hydrogen-bond acceptors (Lipinski definition) is 1. The van der Waals surface area contributed by atoms with E-state index in [1.165, 1.54) is 0 Å². The van der Waals surface area contributed by atoms with Gasteiger partial charge in [0, 0.05) is 25.7 Å².